The van der Waals surface area contributed by atoms with Crippen LogP contribution in [0.3, 0.4) is 0 Å². The number of rotatable bonds is 4. The summed E-state index contributed by atoms with van der Waals surface area (Å²) in [6.07, 6.45) is -4.16. The predicted molar refractivity (Wildman–Crippen MR) is 93.8 cm³/mol. The van der Waals surface area contributed by atoms with Gasteiger partial charge in [0.2, 0.25) is 5.75 Å². The molecule has 0 aliphatic carbocycles. The van der Waals surface area contributed by atoms with Crippen LogP contribution in [0.25, 0.3) is 0 Å². The largest absolute Gasteiger partial charge is 0.449 e. The second-order valence-electron chi connectivity index (χ2n) is 5.67. The molecule has 0 bridgehead atoms. The first-order valence-corrected chi connectivity index (χ1v) is 8.16. The minimum absolute atomic E-state index is 0.0268. The fraction of sp³-hybridized carbons (Fsp3) is 0.118. The Morgan fingerprint density at radius 3 is 2.62 bits per heavy atom. The molecule has 0 fully saturated rings. The van der Waals surface area contributed by atoms with E-state index in [4.69, 9.17) is 21.6 Å². The number of hydrogen-bond acceptors (Lipinski definition) is 6. The molecule has 2 N–H and O–H groups in total. The van der Waals surface area contributed by atoms with Gasteiger partial charge in [-0.2, -0.15) is 23.5 Å². The molecule has 148 valence electrons. The van der Waals surface area contributed by atoms with E-state index in [0.717, 1.165) is 12.1 Å². The van der Waals surface area contributed by atoms with E-state index < -0.39 is 34.6 Å². The Balaban J connectivity index is 2.07. The molecule has 0 atom stereocenters. The highest BCUT2D eigenvalue weighted by Gasteiger charge is 2.39. The minimum Gasteiger partial charge on any atom is -0.449 e. The number of nitriles is 1. The Morgan fingerprint density at radius 1 is 1.21 bits per heavy atom. The van der Waals surface area contributed by atoms with E-state index >= 15 is 0 Å². The maximum Gasteiger partial charge on any atom is 0.437 e. The van der Waals surface area contributed by atoms with Crippen LogP contribution >= 0.6 is 11.6 Å². The first kappa shape index (κ1) is 20.1. The van der Waals surface area contributed by atoms with Crippen LogP contribution in [0.15, 0.2) is 40.1 Å². The summed E-state index contributed by atoms with van der Waals surface area (Å²) < 4.78 is 45.6. The van der Waals surface area contributed by atoms with Gasteiger partial charge in [0.25, 0.3) is 11.1 Å². The van der Waals surface area contributed by atoms with E-state index in [1.807, 2.05) is 0 Å². The van der Waals surface area contributed by atoms with Gasteiger partial charge in [-0.05, 0) is 24.3 Å². The SMILES string of the molecule is N#Cc1cc(Cl)cc(Oc2c(C(F)(F)F)nc(Cc3ccn[nH]c3=O)[nH]c2=O)c1. The molecule has 0 amide bonds. The number of aromatic amines is 2. The average Bonchev–Trinajstić information content (AvgIpc) is 2.64. The van der Waals surface area contributed by atoms with Crippen LogP contribution in [0.1, 0.15) is 22.6 Å². The molecule has 0 spiro atoms. The van der Waals surface area contributed by atoms with E-state index in [0.29, 0.717) is 0 Å². The Kier molecular flexibility index (Phi) is 5.38. The van der Waals surface area contributed by atoms with Gasteiger partial charge in [-0.15, -0.1) is 0 Å². The third-order valence-electron chi connectivity index (χ3n) is 3.58. The number of nitrogens with zero attached hydrogens (tertiary/aromatic N) is 3. The lowest BCUT2D eigenvalue weighted by molar-refractivity contribution is -0.142. The third kappa shape index (κ3) is 4.61. The quantitative estimate of drug-likeness (QED) is 0.664. The van der Waals surface area contributed by atoms with Crippen LogP contribution < -0.4 is 15.9 Å². The molecule has 2 aromatic heterocycles. The van der Waals surface area contributed by atoms with E-state index in [2.05, 4.69) is 20.2 Å². The van der Waals surface area contributed by atoms with Crippen LogP contribution in [0.2, 0.25) is 5.02 Å². The van der Waals surface area contributed by atoms with Crippen LogP contribution in [0.4, 0.5) is 13.2 Å². The first-order valence-electron chi connectivity index (χ1n) is 7.79. The molecule has 29 heavy (non-hydrogen) atoms. The molecule has 0 radical (unpaired) electrons. The summed E-state index contributed by atoms with van der Waals surface area (Å²) in [6, 6.07) is 6.59. The molecule has 0 aliphatic rings. The zero-order valence-corrected chi connectivity index (χ0v) is 14.9. The highest BCUT2D eigenvalue weighted by Crippen LogP contribution is 2.35. The summed E-state index contributed by atoms with van der Waals surface area (Å²) in [5.74, 6) is -1.75. The number of halogens is 4. The molecular weight excluding hydrogens is 415 g/mol. The van der Waals surface area contributed by atoms with E-state index in [9.17, 15) is 22.8 Å². The molecule has 0 saturated carbocycles. The van der Waals surface area contributed by atoms with Crippen LogP contribution in [0.5, 0.6) is 11.5 Å². The molecular formula is C17H9ClF3N5O3. The van der Waals surface area contributed by atoms with Crippen LogP contribution in [-0.2, 0) is 12.6 Å². The number of alkyl halides is 3. The number of nitrogens with one attached hydrogen (secondary N) is 2. The maximum absolute atomic E-state index is 13.5. The Bertz CT molecular complexity index is 1230. The minimum atomic E-state index is -5.03. The van der Waals surface area contributed by atoms with Gasteiger partial charge in [-0.25, -0.2) is 10.1 Å². The first-order chi connectivity index (χ1) is 13.7. The molecule has 3 rings (SSSR count). The second-order valence-corrected chi connectivity index (χ2v) is 6.10. The van der Waals surface area contributed by atoms with Gasteiger partial charge in [0.1, 0.15) is 11.6 Å². The van der Waals surface area contributed by atoms with E-state index in [-0.39, 0.29) is 28.3 Å². The highest BCUT2D eigenvalue weighted by atomic mass is 35.5. The van der Waals surface area contributed by atoms with Crippen molar-refractivity contribution in [2.45, 2.75) is 12.6 Å². The molecule has 0 unspecified atom stereocenters. The summed E-state index contributed by atoms with van der Waals surface area (Å²) >= 11 is 5.80. The van der Waals surface area contributed by atoms with Crippen molar-refractivity contribution < 1.29 is 17.9 Å². The number of H-pyrrole nitrogens is 2. The van der Waals surface area contributed by atoms with Gasteiger partial charge in [-0.3, -0.25) is 9.59 Å². The Morgan fingerprint density at radius 2 is 1.97 bits per heavy atom. The number of hydrogen-bond donors (Lipinski definition) is 2. The number of aromatic nitrogens is 4. The molecule has 8 nitrogen and oxygen atoms in total. The molecule has 0 aliphatic heterocycles. The fourth-order valence-corrected chi connectivity index (χ4v) is 2.60. The summed E-state index contributed by atoms with van der Waals surface area (Å²) in [7, 11) is 0. The molecule has 2 heterocycles. The van der Waals surface area contributed by atoms with Gasteiger partial charge in [0.05, 0.1) is 11.6 Å². The van der Waals surface area contributed by atoms with Gasteiger partial charge in [0, 0.05) is 23.2 Å². The van der Waals surface area contributed by atoms with Crippen molar-refractivity contribution in [1.29, 1.82) is 5.26 Å². The van der Waals surface area contributed by atoms with Crippen molar-refractivity contribution >= 4 is 11.6 Å². The topological polar surface area (TPSA) is 125 Å². The van der Waals surface area contributed by atoms with Gasteiger partial charge in [0.15, 0.2) is 5.69 Å². The summed E-state index contributed by atoms with van der Waals surface area (Å²) in [4.78, 5) is 29.6. The zero-order chi connectivity index (χ0) is 21.2. The molecule has 3 aromatic rings. The summed E-state index contributed by atoms with van der Waals surface area (Å²) in [6.45, 7) is 0. The predicted octanol–water partition coefficient (Wildman–Crippen LogP) is 2.78. The Hall–Kier alpha value is -3.65. The van der Waals surface area contributed by atoms with Crippen molar-refractivity contribution in [2.75, 3.05) is 0 Å². The molecule has 0 saturated heterocycles. The van der Waals surface area contributed by atoms with Crippen molar-refractivity contribution in [3.63, 3.8) is 0 Å². The zero-order valence-electron chi connectivity index (χ0n) is 14.2. The van der Waals surface area contributed by atoms with E-state index in [1.165, 1.54) is 18.3 Å². The lowest BCUT2D eigenvalue weighted by atomic mass is 10.2. The fourth-order valence-electron chi connectivity index (χ4n) is 2.37. The normalized spacial score (nSPS) is 11.1. The monoisotopic (exact) mass is 423 g/mol. The molecule has 12 heteroatoms. The van der Waals surface area contributed by atoms with Crippen LogP contribution in [0, 0.1) is 11.3 Å². The van der Waals surface area contributed by atoms with Gasteiger partial charge >= 0.3 is 6.18 Å². The lowest BCUT2D eigenvalue weighted by Gasteiger charge is -2.13. The standard InChI is InChI=1S/C17H9ClF3N5O3/c18-10-3-8(7-22)4-11(6-10)29-13-14(17(19,20)21)24-12(25-16(13)28)5-9-1-2-23-26-15(9)27/h1-4,6H,5H2,(H,26,27)(H,24,25,28). The van der Waals surface area contributed by atoms with Crippen molar-refractivity contribution in [1.82, 2.24) is 20.2 Å². The average molecular weight is 424 g/mol. The van der Waals surface area contributed by atoms with Crippen molar-refractivity contribution in [3.05, 3.63) is 78.8 Å². The highest BCUT2D eigenvalue weighted by molar-refractivity contribution is 6.30. The van der Waals surface area contributed by atoms with Gasteiger partial charge < -0.3 is 9.72 Å². The third-order valence-corrected chi connectivity index (χ3v) is 3.80. The second kappa shape index (κ2) is 7.76. The number of ether oxygens (including phenoxy) is 1. The maximum atomic E-state index is 13.5. The Labute approximate surface area is 164 Å². The lowest BCUT2D eigenvalue weighted by Crippen LogP contribution is -2.23. The molecule has 1 aromatic carbocycles. The number of benzene rings is 1. The van der Waals surface area contributed by atoms with Crippen LogP contribution in [-0.4, -0.2) is 20.2 Å². The van der Waals surface area contributed by atoms with Gasteiger partial charge in [-0.1, -0.05) is 11.6 Å². The summed E-state index contributed by atoms with van der Waals surface area (Å²) in [5.41, 5.74) is -3.35. The van der Waals surface area contributed by atoms with Crippen molar-refractivity contribution in [2.24, 2.45) is 0 Å². The van der Waals surface area contributed by atoms with E-state index in [1.54, 1.807) is 6.07 Å². The summed E-state index contributed by atoms with van der Waals surface area (Å²) in [5, 5.41) is 14.6. The smallest absolute Gasteiger partial charge is 0.437 e. The van der Waals surface area contributed by atoms with Crippen molar-refractivity contribution in [3.8, 4) is 17.6 Å².